The number of benzene rings is 1. The average molecular weight is 485 g/mol. The quantitative estimate of drug-likeness (QED) is 0.244. The summed E-state index contributed by atoms with van der Waals surface area (Å²) in [6, 6.07) is 7.80. The third-order valence-electron chi connectivity index (χ3n) is 4.58. The molecule has 1 aromatic carbocycles. The van der Waals surface area contributed by atoms with Crippen molar-refractivity contribution < 1.29 is 47.3 Å². The van der Waals surface area contributed by atoms with E-state index < -0.39 is 10.1 Å². The molecule has 0 aromatic heterocycles. The van der Waals surface area contributed by atoms with Gasteiger partial charge in [0.25, 0.3) is 5.91 Å². The molecule has 10 heteroatoms. The standard InChI is InChI=1S/C21H22N2O4S3.Na/c1-2-23-20(24)19(29-21(23)28)11-6-3-8-16-12-14-22(13-7-15-30(25,26)27)18-10-5-4-9-17(16)18;/h3-6,8-12,14H,2,7,13,15H2,1H3,(H,25,26,27);/q;+1/p-1/b6-3+,16-8+,19-11+;. The molecule has 2 heterocycles. The minimum absolute atomic E-state index is 0. The summed E-state index contributed by atoms with van der Waals surface area (Å²) in [4.78, 5) is 16.3. The maximum atomic E-state index is 12.2. The monoisotopic (exact) mass is 484 g/mol. The van der Waals surface area contributed by atoms with E-state index >= 15 is 0 Å². The number of carbonyl (C=O) groups excluding carboxylic acids is 1. The Balaban J connectivity index is 0.00000341. The number of thiocarbonyl (C=S) groups is 1. The van der Waals surface area contributed by atoms with E-state index in [0.717, 1.165) is 16.8 Å². The Morgan fingerprint density at radius 3 is 2.58 bits per heavy atom. The topological polar surface area (TPSA) is 80.8 Å². The number of carbonyl (C=O) groups is 1. The van der Waals surface area contributed by atoms with Crippen molar-refractivity contribution in [3.8, 4) is 0 Å². The zero-order chi connectivity index (χ0) is 21.7. The average Bonchev–Trinajstić information content (AvgIpc) is 2.98. The molecule has 1 fully saturated rings. The Hall–Kier alpha value is -1.20. The second kappa shape index (κ2) is 11.6. The first-order valence-electron chi connectivity index (χ1n) is 9.40. The molecule has 0 spiro atoms. The summed E-state index contributed by atoms with van der Waals surface area (Å²) in [5.41, 5.74) is 2.95. The van der Waals surface area contributed by atoms with Gasteiger partial charge in [0.05, 0.1) is 15.0 Å². The van der Waals surface area contributed by atoms with Crippen LogP contribution in [0.3, 0.4) is 0 Å². The molecule has 0 unspecified atom stereocenters. The number of anilines is 1. The normalized spacial score (nSPS) is 18.9. The summed E-state index contributed by atoms with van der Waals surface area (Å²) in [5.74, 6) is -0.446. The summed E-state index contributed by atoms with van der Waals surface area (Å²) in [5, 5.41) is 0. The van der Waals surface area contributed by atoms with Crippen molar-refractivity contribution in [2.75, 3.05) is 23.7 Å². The summed E-state index contributed by atoms with van der Waals surface area (Å²) < 4.78 is 33.1. The molecule has 1 amide bonds. The predicted octanol–water partition coefficient (Wildman–Crippen LogP) is 0.663. The number of para-hydroxylation sites is 1. The molecule has 1 saturated heterocycles. The van der Waals surface area contributed by atoms with Crippen molar-refractivity contribution in [1.82, 2.24) is 4.90 Å². The van der Waals surface area contributed by atoms with Gasteiger partial charge in [-0.2, -0.15) is 0 Å². The molecule has 3 rings (SSSR count). The van der Waals surface area contributed by atoms with Crippen LogP contribution in [0.2, 0.25) is 0 Å². The first kappa shape index (κ1) is 26.1. The second-order valence-electron chi connectivity index (χ2n) is 6.60. The van der Waals surface area contributed by atoms with Crippen LogP contribution in [0.25, 0.3) is 5.57 Å². The number of thioether (sulfide) groups is 1. The fourth-order valence-corrected chi connectivity index (χ4v) is 4.97. The van der Waals surface area contributed by atoms with Crippen LogP contribution in [0.4, 0.5) is 5.69 Å². The van der Waals surface area contributed by atoms with Gasteiger partial charge in [0, 0.05) is 36.3 Å². The van der Waals surface area contributed by atoms with Crippen LogP contribution in [0.5, 0.6) is 0 Å². The number of allylic oxidation sites excluding steroid dienone is 6. The summed E-state index contributed by atoms with van der Waals surface area (Å²) in [6.07, 6.45) is 11.5. The molecule has 0 N–H and O–H groups in total. The first-order chi connectivity index (χ1) is 14.3. The molecule has 0 radical (unpaired) electrons. The van der Waals surface area contributed by atoms with Crippen molar-refractivity contribution in [3.63, 3.8) is 0 Å². The van der Waals surface area contributed by atoms with Crippen molar-refractivity contribution >= 4 is 55.6 Å². The number of nitrogens with zero attached hydrogens (tertiary/aromatic N) is 2. The molecule has 2 aliphatic rings. The van der Waals surface area contributed by atoms with E-state index in [9.17, 15) is 17.8 Å². The third-order valence-corrected chi connectivity index (χ3v) is 6.76. The molecule has 0 aliphatic carbocycles. The molecular formula is C21H21N2NaO4S3. The van der Waals surface area contributed by atoms with E-state index in [1.54, 1.807) is 11.0 Å². The Morgan fingerprint density at radius 2 is 1.90 bits per heavy atom. The molecule has 0 saturated carbocycles. The summed E-state index contributed by atoms with van der Waals surface area (Å²) in [7, 11) is -4.21. The van der Waals surface area contributed by atoms with E-state index in [1.807, 2.05) is 66.6 Å². The molecule has 31 heavy (non-hydrogen) atoms. The largest absolute Gasteiger partial charge is 1.00 e. The molecule has 1 aromatic rings. The van der Waals surface area contributed by atoms with Crippen molar-refractivity contribution in [3.05, 3.63) is 71.3 Å². The van der Waals surface area contributed by atoms with Crippen LogP contribution in [0.1, 0.15) is 18.9 Å². The number of hydrogen-bond donors (Lipinski definition) is 0. The van der Waals surface area contributed by atoms with Crippen LogP contribution < -0.4 is 34.5 Å². The van der Waals surface area contributed by atoms with Gasteiger partial charge in [-0.25, -0.2) is 8.42 Å². The first-order valence-corrected chi connectivity index (χ1v) is 12.2. The molecule has 158 valence electrons. The molecule has 2 aliphatic heterocycles. The number of likely N-dealkylation sites (N-methyl/N-ethyl adjacent to an activating group) is 1. The van der Waals surface area contributed by atoms with Gasteiger partial charge in [0.15, 0.2) is 0 Å². The number of fused-ring (bicyclic) bond motifs is 1. The zero-order valence-corrected chi connectivity index (χ0v) is 21.8. The van der Waals surface area contributed by atoms with E-state index in [-0.39, 0.29) is 47.6 Å². The molecule has 0 atom stereocenters. The smallest absolute Gasteiger partial charge is 0.748 e. The van der Waals surface area contributed by atoms with Gasteiger partial charge in [-0.15, -0.1) is 0 Å². The van der Waals surface area contributed by atoms with Gasteiger partial charge in [-0.1, -0.05) is 60.4 Å². The molecule has 6 nitrogen and oxygen atoms in total. The molecular weight excluding hydrogens is 463 g/mol. The van der Waals surface area contributed by atoms with Gasteiger partial charge >= 0.3 is 29.6 Å². The number of amides is 1. The Labute approximate surface area is 214 Å². The maximum Gasteiger partial charge on any atom is 1.00 e. The Morgan fingerprint density at radius 1 is 1.19 bits per heavy atom. The van der Waals surface area contributed by atoms with Crippen LogP contribution in [0, 0.1) is 0 Å². The van der Waals surface area contributed by atoms with Crippen LogP contribution in [-0.2, 0) is 14.9 Å². The van der Waals surface area contributed by atoms with Crippen molar-refractivity contribution in [2.45, 2.75) is 13.3 Å². The van der Waals surface area contributed by atoms with Gasteiger partial charge in [0.2, 0.25) is 0 Å². The van der Waals surface area contributed by atoms with Gasteiger partial charge < -0.3 is 9.45 Å². The van der Waals surface area contributed by atoms with Crippen LogP contribution in [0.15, 0.2) is 65.8 Å². The van der Waals surface area contributed by atoms with Gasteiger partial charge in [-0.3, -0.25) is 9.69 Å². The SMILES string of the molecule is CCN1C(=O)\C(=C/C=C/C=C2\C=CN(CCCS(=O)(=O)[O-])c3ccccc32)SC1=S.[Na+]. The number of rotatable bonds is 7. The van der Waals surface area contributed by atoms with Gasteiger partial charge in [0.1, 0.15) is 4.32 Å². The fraction of sp³-hybridized carbons (Fsp3) is 0.238. The van der Waals surface area contributed by atoms with Crippen molar-refractivity contribution in [1.29, 1.82) is 0 Å². The van der Waals surface area contributed by atoms with E-state index in [2.05, 4.69) is 0 Å². The van der Waals surface area contributed by atoms with Crippen LogP contribution >= 0.6 is 24.0 Å². The summed E-state index contributed by atoms with van der Waals surface area (Å²) >= 11 is 6.51. The molecule has 0 bridgehead atoms. The maximum absolute atomic E-state index is 12.2. The van der Waals surface area contributed by atoms with E-state index in [4.69, 9.17) is 12.2 Å². The third kappa shape index (κ3) is 6.89. The minimum Gasteiger partial charge on any atom is -0.748 e. The minimum atomic E-state index is -4.21. The Bertz CT molecular complexity index is 1080. The number of hydrogen-bond acceptors (Lipinski definition) is 7. The fourth-order valence-electron chi connectivity index (χ4n) is 3.15. The van der Waals surface area contributed by atoms with E-state index in [0.29, 0.717) is 22.3 Å². The predicted molar refractivity (Wildman–Crippen MR) is 125 cm³/mol. The zero-order valence-electron chi connectivity index (χ0n) is 17.4. The van der Waals surface area contributed by atoms with Crippen LogP contribution in [-0.4, -0.2) is 46.9 Å². The van der Waals surface area contributed by atoms with E-state index in [1.165, 1.54) is 11.8 Å². The Kier molecular flexibility index (Phi) is 9.75. The van der Waals surface area contributed by atoms with Crippen molar-refractivity contribution in [2.24, 2.45) is 0 Å². The second-order valence-corrected chi connectivity index (χ2v) is 9.80. The summed E-state index contributed by atoms with van der Waals surface area (Å²) in [6.45, 7) is 2.90. The van der Waals surface area contributed by atoms with Gasteiger partial charge in [-0.05, 0) is 37.1 Å².